The van der Waals surface area contributed by atoms with E-state index >= 15 is 0 Å². The van der Waals surface area contributed by atoms with Crippen LogP contribution in [0.15, 0.2) is 30.3 Å². The van der Waals surface area contributed by atoms with E-state index in [9.17, 15) is 24.6 Å². The molecule has 0 spiro atoms. The van der Waals surface area contributed by atoms with E-state index in [4.69, 9.17) is 10.5 Å². The lowest BCUT2D eigenvalue weighted by Crippen LogP contribution is -2.55. The fourth-order valence-corrected chi connectivity index (χ4v) is 3.39. The van der Waals surface area contributed by atoms with Gasteiger partial charge in [-0.1, -0.05) is 24.6 Å². The van der Waals surface area contributed by atoms with Crippen LogP contribution in [-0.2, 0) is 14.4 Å². The minimum absolute atomic E-state index is 0.164. The molecule has 0 saturated carbocycles. The maximum absolute atomic E-state index is 13.0. The Morgan fingerprint density at radius 1 is 1.17 bits per heavy atom. The maximum atomic E-state index is 13.0. The number of para-hydroxylation sites is 1. The third-order valence-corrected chi connectivity index (χ3v) is 4.93. The number of nitrogens with two attached hydrogens (primary N) is 1. The van der Waals surface area contributed by atoms with Crippen molar-refractivity contribution in [2.24, 2.45) is 5.73 Å². The molecular formula is C20H29N3O6. The second kappa shape index (κ2) is 11.4. The molecule has 1 unspecified atom stereocenters. The lowest BCUT2D eigenvalue weighted by Gasteiger charge is -2.29. The highest BCUT2D eigenvalue weighted by Gasteiger charge is 2.38. The number of likely N-dealkylation sites (tertiary alicyclic amines) is 1. The van der Waals surface area contributed by atoms with Crippen LogP contribution in [0, 0.1) is 0 Å². The smallest absolute Gasteiger partial charge is 0.326 e. The lowest BCUT2D eigenvalue weighted by molar-refractivity contribution is -0.150. The molecule has 29 heavy (non-hydrogen) atoms. The molecule has 1 amide bonds. The van der Waals surface area contributed by atoms with Gasteiger partial charge in [-0.2, -0.15) is 0 Å². The number of amides is 1. The number of carbonyl (C=O) groups excluding carboxylic acids is 1. The van der Waals surface area contributed by atoms with Crippen LogP contribution in [0.2, 0.25) is 0 Å². The molecule has 0 bridgehead atoms. The van der Waals surface area contributed by atoms with Gasteiger partial charge in [0.25, 0.3) is 0 Å². The van der Waals surface area contributed by atoms with Crippen LogP contribution in [0.4, 0.5) is 0 Å². The van der Waals surface area contributed by atoms with Crippen molar-refractivity contribution in [3.63, 3.8) is 0 Å². The Labute approximate surface area is 169 Å². The van der Waals surface area contributed by atoms with E-state index in [-0.39, 0.29) is 6.61 Å². The topological polar surface area (TPSA) is 142 Å². The number of rotatable bonds is 12. The normalized spacial score (nSPS) is 18.2. The summed E-state index contributed by atoms with van der Waals surface area (Å²) in [5.41, 5.74) is 5.53. The van der Waals surface area contributed by atoms with Gasteiger partial charge in [0.2, 0.25) is 5.91 Å². The molecule has 0 aromatic heterocycles. The highest BCUT2D eigenvalue weighted by Crippen LogP contribution is 2.20. The Kier molecular flexibility index (Phi) is 8.88. The maximum Gasteiger partial charge on any atom is 0.326 e. The summed E-state index contributed by atoms with van der Waals surface area (Å²) in [4.78, 5) is 37.5. The average molecular weight is 407 g/mol. The van der Waals surface area contributed by atoms with Crippen molar-refractivity contribution in [1.82, 2.24) is 10.2 Å². The van der Waals surface area contributed by atoms with Gasteiger partial charge in [0.05, 0.1) is 6.04 Å². The van der Waals surface area contributed by atoms with Crippen LogP contribution in [0.25, 0.3) is 0 Å². The van der Waals surface area contributed by atoms with Gasteiger partial charge in [0.15, 0.2) is 0 Å². The third-order valence-electron chi connectivity index (χ3n) is 4.93. The first-order valence-electron chi connectivity index (χ1n) is 9.84. The van der Waals surface area contributed by atoms with E-state index in [0.29, 0.717) is 50.9 Å². The van der Waals surface area contributed by atoms with E-state index in [1.165, 1.54) is 4.90 Å². The van der Waals surface area contributed by atoms with E-state index in [0.717, 1.165) is 0 Å². The zero-order valence-corrected chi connectivity index (χ0v) is 16.3. The number of benzene rings is 1. The minimum Gasteiger partial charge on any atom is -0.491 e. The van der Waals surface area contributed by atoms with E-state index in [2.05, 4.69) is 5.32 Å². The van der Waals surface area contributed by atoms with Gasteiger partial charge in [0.1, 0.15) is 24.4 Å². The van der Waals surface area contributed by atoms with Crippen LogP contribution >= 0.6 is 0 Å². The van der Waals surface area contributed by atoms with E-state index in [1.807, 2.05) is 6.07 Å². The van der Waals surface area contributed by atoms with Gasteiger partial charge < -0.3 is 25.6 Å². The molecule has 1 saturated heterocycles. The van der Waals surface area contributed by atoms with Crippen LogP contribution in [0.3, 0.4) is 0 Å². The highest BCUT2D eigenvalue weighted by molar-refractivity contribution is 5.88. The Morgan fingerprint density at radius 2 is 1.90 bits per heavy atom. The summed E-state index contributed by atoms with van der Waals surface area (Å²) in [6, 6.07) is 5.99. The summed E-state index contributed by atoms with van der Waals surface area (Å²) < 4.78 is 5.54. The summed E-state index contributed by atoms with van der Waals surface area (Å²) in [6.07, 6.45) is 2.69. The number of carboxylic acid groups (broad SMARTS) is 2. The minimum atomic E-state index is -1.14. The van der Waals surface area contributed by atoms with Crippen molar-refractivity contribution in [1.29, 1.82) is 0 Å². The largest absolute Gasteiger partial charge is 0.491 e. The van der Waals surface area contributed by atoms with Crippen molar-refractivity contribution in [3.05, 3.63) is 30.3 Å². The Hall–Kier alpha value is -2.65. The van der Waals surface area contributed by atoms with Crippen LogP contribution in [0.5, 0.6) is 5.75 Å². The predicted octanol–water partition coefficient (Wildman–Crippen LogP) is 0.681. The van der Waals surface area contributed by atoms with Crippen LogP contribution in [0.1, 0.15) is 32.1 Å². The van der Waals surface area contributed by atoms with Crippen LogP contribution in [-0.4, -0.2) is 70.8 Å². The number of ether oxygens (including phenoxy) is 1. The summed E-state index contributed by atoms with van der Waals surface area (Å²) in [5, 5.41) is 21.8. The molecule has 0 aliphatic carbocycles. The molecule has 160 valence electrons. The molecule has 2 rings (SSSR count). The van der Waals surface area contributed by atoms with Crippen molar-refractivity contribution < 1.29 is 29.3 Å². The van der Waals surface area contributed by atoms with Gasteiger partial charge in [0, 0.05) is 6.54 Å². The molecule has 1 fully saturated rings. The number of hydrogen-bond acceptors (Lipinski definition) is 6. The lowest BCUT2D eigenvalue weighted by atomic mass is 10.1. The molecule has 3 atom stereocenters. The zero-order chi connectivity index (χ0) is 21.2. The fourth-order valence-electron chi connectivity index (χ4n) is 3.39. The van der Waals surface area contributed by atoms with E-state index in [1.54, 1.807) is 24.3 Å². The summed E-state index contributed by atoms with van der Waals surface area (Å²) in [6.45, 7) is 0.646. The SMILES string of the molecule is NCCCC[C@H](NC(COc1ccccc1)C(=O)O)C(=O)N1CCC[C@H]1C(=O)O. The molecule has 9 heteroatoms. The molecule has 1 aliphatic heterocycles. The van der Waals surface area contributed by atoms with Gasteiger partial charge in [-0.3, -0.25) is 14.9 Å². The summed E-state index contributed by atoms with van der Waals surface area (Å²) >= 11 is 0. The average Bonchev–Trinajstić information content (AvgIpc) is 3.20. The Morgan fingerprint density at radius 3 is 2.52 bits per heavy atom. The van der Waals surface area contributed by atoms with Gasteiger partial charge >= 0.3 is 11.9 Å². The monoisotopic (exact) mass is 407 g/mol. The van der Waals surface area contributed by atoms with Crippen molar-refractivity contribution in [3.8, 4) is 5.75 Å². The van der Waals surface area contributed by atoms with Crippen LogP contribution < -0.4 is 15.8 Å². The first-order valence-corrected chi connectivity index (χ1v) is 9.84. The van der Waals surface area contributed by atoms with Crippen molar-refractivity contribution in [2.75, 3.05) is 19.7 Å². The number of unbranched alkanes of at least 4 members (excludes halogenated alkanes) is 1. The highest BCUT2D eigenvalue weighted by atomic mass is 16.5. The second-order valence-corrected chi connectivity index (χ2v) is 7.05. The second-order valence-electron chi connectivity index (χ2n) is 7.05. The Balaban J connectivity index is 2.08. The van der Waals surface area contributed by atoms with E-state index < -0.39 is 36.0 Å². The number of carbonyl (C=O) groups is 3. The fraction of sp³-hybridized carbons (Fsp3) is 0.550. The first kappa shape index (κ1) is 22.6. The molecule has 5 N–H and O–H groups in total. The summed E-state index contributed by atoms with van der Waals surface area (Å²) in [7, 11) is 0. The number of hydrogen-bond donors (Lipinski definition) is 4. The molecule has 1 aromatic carbocycles. The van der Waals surface area contributed by atoms with Crippen molar-refractivity contribution in [2.45, 2.75) is 50.2 Å². The summed E-state index contributed by atoms with van der Waals surface area (Å²) in [5.74, 6) is -2.05. The number of nitrogens with zero attached hydrogens (tertiary/aromatic N) is 1. The van der Waals surface area contributed by atoms with Gasteiger partial charge in [-0.05, 0) is 44.4 Å². The number of aliphatic carboxylic acids is 2. The van der Waals surface area contributed by atoms with Gasteiger partial charge in [-0.25, -0.2) is 4.79 Å². The molecule has 1 aliphatic rings. The third kappa shape index (κ3) is 6.72. The predicted molar refractivity (Wildman–Crippen MR) is 106 cm³/mol. The Bertz CT molecular complexity index is 684. The number of carboxylic acids is 2. The molecular weight excluding hydrogens is 378 g/mol. The molecule has 0 radical (unpaired) electrons. The number of nitrogens with one attached hydrogen (secondary N) is 1. The zero-order valence-electron chi connectivity index (χ0n) is 16.3. The molecule has 1 heterocycles. The standard InChI is InChI=1S/C20H29N3O6/c21-11-5-4-9-15(18(24)23-12-6-10-17(23)20(27)28)22-16(19(25)26)13-29-14-7-2-1-3-8-14/h1-3,7-8,15-17,22H,4-6,9-13,21H2,(H,25,26)(H,27,28)/t15-,16?,17-/m0/s1. The quantitative estimate of drug-likeness (QED) is 0.371. The van der Waals surface area contributed by atoms with Crippen molar-refractivity contribution >= 4 is 17.8 Å². The molecule has 1 aromatic rings. The molecule has 9 nitrogen and oxygen atoms in total. The first-order chi connectivity index (χ1) is 13.9. The van der Waals surface area contributed by atoms with Gasteiger partial charge in [-0.15, -0.1) is 0 Å².